The molecule has 3 heteroatoms. The van der Waals surface area contributed by atoms with Crippen molar-refractivity contribution in [3.8, 4) is 5.75 Å². The lowest BCUT2D eigenvalue weighted by atomic mass is 9.83. The van der Waals surface area contributed by atoms with Crippen LogP contribution in [0.25, 0.3) is 0 Å². The Kier molecular flexibility index (Phi) is 5.20. The minimum Gasteiger partial charge on any atom is -0.496 e. The van der Waals surface area contributed by atoms with Gasteiger partial charge in [0.2, 0.25) is 0 Å². The van der Waals surface area contributed by atoms with Crippen LogP contribution in [0.5, 0.6) is 5.75 Å². The Morgan fingerprint density at radius 1 is 1.44 bits per heavy atom. The van der Waals surface area contributed by atoms with Crippen LogP contribution in [0, 0.1) is 12.8 Å². The van der Waals surface area contributed by atoms with E-state index in [-0.39, 0.29) is 5.92 Å². The van der Waals surface area contributed by atoms with Gasteiger partial charge in [0.1, 0.15) is 5.75 Å². The molecule has 0 saturated heterocycles. The molecule has 1 aromatic rings. The summed E-state index contributed by atoms with van der Waals surface area (Å²) in [6.07, 6.45) is 1.88. The average molecular weight is 250 g/mol. The molecule has 18 heavy (non-hydrogen) atoms. The Bertz CT molecular complexity index is 412. The molecule has 1 N–H and O–H groups in total. The number of hydrogen-bond acceptors (Lipinski definition) is 2. The molecule has 1 rings (SSSR count). The first-order valence-electron chi connectivity index (χ1n) is 6.38. The van der Waals surface area contributed by atoms with Crippen LogP contribution in [-0.2, 0) is 4.79 Å². The maximum Gasteiger partial charge on any atom is 0.311 e. The van der Waals surface area contributed by atoms with Crippen molar-refractivity contribution in [2.45, 2.75) is 39.5 Å². The fourth-order valence-corrected chi connectivity index (χ4v) is 2.40. The van der Waals surface area contributed by atoms with Gasteiger partial charge in [0.25, 0.3) is 0 Å². The van der Waals surface area contributed by atoms with Gasteiger partial charge in [-0.15, -0.1) is 0 Å². The lowest BCUT2D eigenvalue weighted by Gasteiger charge is -2.22. The monoisotopic (exact) mass is 250 g/mol. The highest BCUT2D eigenvalue weighted by atomic mass is 16.5. The first-order chi connectivity index (χ1) is 8.51. The molecule has 0 saturated carbocycles. The second-order valence-corrected chi connectivity index (χ2v) is 4.83. The van der Waals surface area contributed by atoms with Gasteiger partial charge < -0.3 is 9.84 Å². The topological polar surface area (TPSA) is 46.5 Å². The Morgan fingerprint density at radius 2 is 2.11 bits per heavy atom. The highest BCUT2D eigenvalue weighted by Gasteiger charge is 2.28. The van der Waals surface area contributed by atoms with E-state index in [1.807, 2.05) is 32.0 Å². The zero-order valence-electron chi connectivity index (χ0n) is 11.6. The predicted octanol–water partition coefficient (Wildman–Crippen LogP) is 3.61. The van der Waals surface area contributed by atoms with Gasteiger partial charge in [0.15, 0.2) is 0 Å². The van der Waals surface area contributed by atoms with Crippen molar-refractivity contribution in [3.63, 3.8) is 0 Å². The van der Waals surface area contributed by atoms with E-state index < -0.39 is 11.9 Å². The second kappa shape index (κ2) is 6.43. The summed E-state index contributed by atoms with van der Waals surface area (Å²) in [5.74, 6) is -0.515. The number of benzene rings is 1. The molecule has 2 unspecified atom stereocenters. The normalized spacial score (nSPS) is 14.0. The highest BCUT2D eigenvalue weighted by Crippen LogP contribution is 2.35. The summed E-state index contributed by atoms with van der Waals surface area (Å²) in [5.41, 5.74) is 1.84. The molecule has 0 aromatic heterocycles. The number of ether oxygens (including phenoxy) is 1. The van der Waals surface area contributed by atoms with Gasteiger partial charge in [0.05, 0.1) is 13.0 Å². The summed E-state index contributed by atoms with van der Waals surface area (Å²) in [4.78, 5) is 11.5. The average Bonchev–Trinajstić information content (AvgIpc) is 2.29. The van der Waals surface area contributed by atoms with E-state index >= 15 is 0 Å². The molecule has 2 atom stereocenters. The van der Waals surface area contributed by atoms with Crippen LogP contribution in [-0.4, -0.2) is 18.2 Å². The van der Waals surface area contributed by atoms with Crippen LogP contribution in [0.3, 0.4) is 0 Å². The molecular weight excluding hydrogens is 228 g/mol. The van der Waals surface area contributed by atoms with Crippen LogP contribution < -0.4 is 4.74 Å². The molecule has 0 amide bonds. The number of methoxy groups -OCH3 is 1. The van der Waals surface area contributed by atoms with Crippen molar-refractivity contribution in [2.75, 3.05) is 7.11 Å². The van der Waals surface area contributed by atoms with E-state index in [0.717, 1.165) is 24.0 Å². The molecule has 0 fully saturated rings. The number of hydrogen-bond donors (Lipinski definition) is 1. The Labute approximate surface area is 109 Å². The number of aryl methyl sites for hydroxylation is 1. The van der Waals surface area contributed by atoms with Gasteiger partial charge in [-0.2, -0.15) is 0 Å². The Balaban J connectivity index is 3.20. The summed E-state index contributed by atoms with van der Waals surface area (Å²) in [6.45, 7) is 6.03. The molecule has 0 spiro atoms. The van der Waals surface area contributed by atoms with Gasteiger partial charge in [-0.3, -0.25) is 4.79 Å². The molecule has 0 heterocycles. The van der Waals surface area contributed by atoms with E-state index in [0.29, 0.717) is 5.75 Å². The zero-order valence-corrected chi connectivity index (χ0v) is 11.6. The molecule has 3 nitrogen and oxygen atoms in total. The predicted molar refractivity (Wildman–Crippen MR) is 72.2 cm³/mol. The fourth-order valence-electron chi connectivity index (χ4n) is 2.40. The summed E-state index contributed by atoms with van der Waals surface area (Å²) in [5, 5.41) is 9.48. The van der Waals surface area contributed by atoms with Crippen molar-refractivity contribution >= 4 is 5.97 Å². The Morgan fingerprint density at radius 3 is 2.61 bits per heavy atom. The third-order valence-electron chi connectivity index (χ3n) is 3.30. The molecule has 100 valence electrons. The van der Waals surface area contributed by atoms with Crippen LogP contribution in [0.4, 0.5) is 0 Å². The van der Waals surface area contributed by atoms with Gasteiger partial charge in [-0.1, -0.05) is 38.0 Å². The number of carboxylic acids is 1. The third-order valence-corrected chi connectivity index (χ3v) is 3.30. The molecule has 0 aliphatic rings. The molecule has 1 aromatic carbocycles. The van der Waals surface area contributed by atoms with E-state index in [1.54, 1.807) is 7.11 Å². The van der Waals surface area contributed by atoms with Crippen molar-refractivity contribution in [1.29, 1.82) is 0 Å². The number of carbonyl (C=O) groups is 1. The van der Waals surface area contributed by atoms with Crippen molar-refractivity contribution in [3.05, 3.63) is 29.3 Å². The van der Waals surface area contributed by atoms with Crippen LogP contribution in [0.1, 0.15) is 43.7 Å². The van der Waals surface area contributed by atoms with Gasteiger partial charge in [0, 0.05) is 5.56 Å². The van der Waals surface area contributed by atoms with Gasteiger partial charge in [-0.25, -0.2) is 0 Å². The first kappa shape index (κ1) is 14.6. The van der Waals surface area contributed by atoms with Crippen molar-refractivity contribution in [1.82, 2.24) is 0 Å². The number of rotatable bonds is 6. The fraction of sp³-hybridized carbons (Fsp3) is 0.533. The molecule has 0 aliphatic carbocycles. The van der Waals surface area contributed by atoms with Crippen LogP contribution in [0.2, 0.25) is 0 Å². The molecule has 0 bridgehead atoms. The number of aliphatic carboxylic acids is 1. The summed E-state index contributed by atoms with van der Waals surface area (Å²) < 4.78 is 5.30. The zero-order chi connectivity index (χ0) is 13.7. The quantitative estimate of drug-likeness (QED) is 0.839. The standard InChI is InChI=1S/C15H22O3/c1-5-6-11(3)14(15(16)17)12-9-10(2)7-8-13(12)18-4/h7-9,11,14H,5-6H2,1-4H3,(H,16,17). The van der Waals surface area contributed by atoms with Crippen LogP contribution in [0.15, 0.2) is 18.2 Å². The maximum atomic E-state index is 11.5. The smallest absolute Gasteiger partial charge is 0.311 e. The minimum atomic E-state index is -0.778. The second-order valence-electron chi connectivity index (χ2n) is 4.83. The summed E-state index contributed by atoms with van der Waals surface area (Å²) in [6, 6.07) is 5.70. The van der Waals surface area contributed by atoms with Crippen molar-refractivity contribution in [2.24, 2.45) is 5.92 Å². The summed E-state index contributed by atoms with van der Waals surface area (Å²) >= 11 is 0. The molecular formula is C15H22O3. The largest absolute Gasteiger partial charge is 0.496 e. The number of carboxylic acid groups (broad SMARTS) is 1. The Hall–Kier alpha value is -1.51. The van der Waals surface area contributed by atoms with Crippen LogP contribution >= 0.6 is 0 Å². The van der Waals surface area contributed by atoms with Crippen molar-refractivity contribution < 1.29 is 14.6 Å². The molecule has 0 radical (unpaired) electrons. The first-order valence-corrected chi connectivity index (χ1v) is 6.38. The van der Waals surface area contributed by atoms with E-state index in [2.05, 4.69) is 6.92 Å². The van der Waals surface area contributed by atoms with E-state index in [9.17, 15) is 9.90 Å². The molecule has 0 aliphatic heterocycles. The SMILES string of the molecule is CCCC(C)C(C(=O)O)c1cc(C)ccc1OC. The maximum absolute atomic E-state index is 11.5. The van der Waals surface area contributed by atoms with Gasteiger partial charge >= 0.3 is 5.97 Å². The highest BCUT2D eigenvalue weighted by molar-refractivity contribution is 5.77. The third kappa shape index (κ3) is 3.25. The lowest BCUT2D eigenvalue weighted by Crippen LogP contribution is -2.20. The van der Waals surface area contributed by atoms with E-state index in [1.165, 1.54) is 0 Å². The summed E-state index contributed by atoms with van der Waals surface area (Å²) in [7, 11) is 1.58. The lowest BCUT2D eigenvalue weighted by molar-refractivity contribution is -0.140. The van der Waals surface area contributed by atoms with Gasteiger partial charge in [-0.05, 0) is 25.3 Å². The van der Waals surface area contributed by atoms with E-state index in [4.69, 9.17) is 4.74 Å². The minimum absolute atomic E-state index is 0.100.